The maximum absolute atomic E-state index is 12.3. The molecule has 0 unspecified atom stereocenters. The second-order valence-electron chi connectivity index (χ2n) is 7.80. The lowest BCUT2D eigenvalue weighted by molar-refractivity contribution is 0.494. The summed E-state index contributed by atoms with van der Waals surface area (Å²) in [6.07, 6.45) is 1.17. The van der Waals surface area contributed by atoms with Gasteiger partial charge in [0.05, 0.1) is 21.8 Å². The van der Waals surface area contributed by atoms with Crippen LogP contribution in [-0.4, -0.2) is 17.0 Å². The fourth-order valence-electron chi connectivity index (χ4n) is 3.59. The number of fused-ring (bicyclic) bond motifs is 2. The van der Waals surface area contributed by atoms with Gasteiger partial charge in [-0.1, -0.05) is 58.4 Å². The van der Waals surface area contributed by atoms with Crippen molar-refractivity contribution in [3.05, 3.63) is 109 Å². The molecule has 5 aromatic rings. The maximum atomic E-state index is 12.3. The van der Waals surface area contributed by atoms with Crippen LogP contribution in [0.1, 0.15) is 16.7 Å². The van der Waals surface area contributed by atoms with Crippen LogP contribution in [0.5, 0.6) is 0 Å². The third-order valence-corrected chi connectivity index (χ3v) is 6.24. The van der Waals surface area contributed by atoms with Crippen LogP contribution in [0.2, 0.25) is 0 Å². The summed E-state index contributed by atoms with van der Waals surface area (Å²) in [7, 11) is 1.86. The van der Waals surface area contributed by atoms with E-state index in [0.717, 1.165) is 21.2 Å². The number of aromatic nitrogens is 2. The highest BCUT2D eigenvalue weighted by Gasteiger charge is 2.13. The monoisotopic (exact) mass is 519 g/mol. The van der Waals surface area contributed by atoms with Crippen LogP contribution in [0, 0.1) is 13.8 Å². The standard InChI is InChI=1S/C17H15BrN2O2.C9H7NO2/c1-11-13(18)8-9-14-15(11)16(21)22-17(19-14)20(2)10-12-6-4-3-5-7-12;1-6-3-2-4-7-8(6)9(11)12-5-10-7/h3-9H,10H2,1-2H3;2-5H,1H3. The number of benzene rings is 3. The minimum atomic E-state index is -0.362. The number of anilines is 1. The number of rotatable bonds is 3. The van der Waals surface area contributed by atoms with Crippen molar-refractivity contribution in [2.75, 3.05) is 11.9 Å². The van der Waals surface area contributed by atoms with E-state index < -0.39 is 0 Å². The predicted molar refractivity (Wildman–Crippen MR) is 136 cm³/mol. The number of halogens is 1. The van der Waals surface area contributed by atoms with Crippen LogP contribution in [0.15, 0.2) is 90.0 Å². The van der Waals surface area contributed by atoms with Crippen molar-refractivity contribution in [3.8, 4) is 0 Å². The number of hydrogen-bond acceptors (Lipinski definition) is 7. The smallest absolute Gasteiger partial charge is 0.348 e. The van der Waals surface area contributed by atoms with E-state index in [0.29, 0.717) is 34.4 Å². The van der Waals surface area contributed by atoms with E-state index in [2.05, 4.69) is 30.3 Å². The molecule has 0 aliphatic rings. The molecule has 0 saturated heterocycles. The lowest BCUT2D eigenvalue weighted by Gasteiger charge is -2.16. The molecule has 0 radical (unpaired) electrons. The molecule has 172 valence electrons. The van der Waals surface area contributed by atoms with Gasteiger partial charge in [0.25, 0.3) is 0 Å². The van der Waals surface area contributed by atoms with Crippen molar-refractivity contribution in [1.29, 1.82) is 0 Å². The molecule has 2 heterocycles. The number of nitrogens with zero attached hydrogens (tertiary/aromatic N) is 3. The Kier molecular flexibility index (Phi) is 6.88. The number of hydrogen-bond donors (Lipinski definition) is 0. The largest absolute Gasteiger partial charge is 0.411 e. The van der Waals surface area contributed by atoms with Gasteiger partial charge in [-0.2, -0.15) is 4.98 Å². The number of aryl methyl sites for hydroxylation is 2. The van der Waals surface area contributed by atoms with E-state index in [1.807, 2.05) is 80.4 Å². The molecule has 0 aliphatic heterocycles. The van der Waals surface area contributed by atoms with Gasteiger partial charge in [-0.25, -0.2) is 14.6 Å². The minimum absolute atomic E-state index is 0.321. The maximum Gasteiger partial charge on any atom is 0.348 e. The van der Waals surface area contributed by atoms with Crippen LogP contribution in [0.4, 0.5) is 6.01 Å². The van der Waals surface area contributed by atoms with E-state index in [4.69, 9.17) is 4.42 Å². The Bertz CT molecular complexity index is 1570. The normalized spacial score (nSPS) is 10.7. The van der Waals surface area contributed by atoms with Crippen LogP contribution in [0.25, 0.3) is 21.8 Å². The summed E-state index contributed by atoms with van der Waals surface area (Å²) in [5, 5.41) is 1.09. The SMILES string of the molecule is Cc1c(Br)ccc2nc(N(C)Cc3ccccc3)oc(=O)c12.Cc1cccc2ncoc(=O)c12. The van der Waals surface area contributed by atoms with E-state index in [1.165, 1.54) is 6.39 Å². The van der Waals surface area contributed by atoms with Gasteiger partial charge < -0.3 is 13.7 Å². The van der Waals surface area contributed by atoms with Gasteiger partial charge in [0, 0.05) is 18.1 Å². The van der Waals surface area contributed by atoms with Gasteiger partial charge >= 0.3 is 17.3 Å². The van der Waals surface area contributed by atoms with Crippen molar-refractivity contribution < 1.29 is 8.83 Å². The van der Waals surface area contributed by atoms with Crippen LogP contribution >= 0.6 is 15.9 Å². The lowest BCUT2D eigenvalue weighted by atomic mass is 10.1. The minimum Gasteiger partial charge on any atom is -0.411 e. The molecule has 0 saturated carbocycles. The molecule has 0 spiro atoms. The van der Waals surface area contributed by atoms with E-state index >= 15 is 0 Å². The highest BCUT2D eigenvalue weighted by Crippen LogP contribution is 2.24. The third-order valence-electron chi connectivity index (χ3n) is 5.38. The van der Waals surface area contributed by atoms with Crippen molar-refractivity contribution in [3.63, 3.8) is 0 Å². The summed E-state index contributed by atoms with van der Waals surface area (Å²) in [4.78, 5) is 33.7. The molecule has 2 aromatic heterocycles. The first-order chi connectivity index (χ1) is 16.3. The molecule has 0 atom stereocenters. The molecule has 8 heteroatoms. The zero-order valence-electron chi connectivity index (χ0n) is 18.9. The Morgan fingerprint density at radius 3 is 2.38 bits per heavy atom. The Hall–Kier alpha value is -3.78. The molecular formula is C26H22BrN3O4. The third kappa shape index (κ3) is 4.92. The molecular weight excluding hydrogens is 498 g/mol. The van der Waals surface area contributed by atoms with Gasteiger partial charge in [-0.3, -0.25) is 0 Å². The van der Waals surface area contributed by atoms with Gasteiger partial charge in [0.2, 0.25) is 0 Å². The molecule has 34 heavy (non-hydrogen) atoms. The average Bonchev–Trinajstić information content (AvgIpc) is 2.82. The summed E-state index contributed by atoms with van der Waals surface area (Å²) >= 11 is 3.42. The van der Waals surface area contributed by atoms with Crippen LogP contribution in [0.3, 0.4) is 0 Å². The molecule has 0 aliphatic carbocycles. The van der Waals surface area contributed by atoms with E-state index in [9.17, 15) is 9.59 Å². The summed E-state index contributed by atoms with van der Waals surface area (Å²) < 4.78 is 10.9. The Morgan fingerprint density at radius 2 is 1.65 bits per heavy atom. The predicted octanol–water partition coefficient (Wildman–Crippen LogP) is 5.39. The summed E-state index contributed by atoms with van der Waals surface area (Å²) in [5.74, 6) is 0. The Morgan fingerprint density at radius 1 is 0.882 bits per heavy atom. The Balaban J connectivity index is 0.000000192. The Labute approximate surface area is 203 Å². The highest BCUT2D eigenvalue weighted by molar-refractivity contribution is 9.10. The topological polar surface area (TPSA) is 89.4 Å². The molecule has 0 bridgehead atoms. The van der Waals surface area contributed by atoms with Crippen molar-refractivity contribution in [2.24, 2.45) is 0 Å². The van der Waals surface area contributed by atoms with Gasteiger partial charge in [0.15, 0.2) is 6.39 Å². The first kappa shape index (κ1) is 23.4. The summed E-state index contributed by atoms with van der Waals surface area (Å²) in [6, 6.07) is 19.5. The summed E-state index contributed by atoms with van der Waals surface area (Å²) in [6.45, 7) is 4.36. The van der Waals surface area contributed by atoms with Crippen molar-refractivity contribution in [2.45, 2.75) is 20.4 Å². The van der Waals surface area contributed by atoms with Crippen LogP contribution in [-0.2, 0) is 6.54 Å². The van der Waals surface area contributed by atoms with Gasteiger partial charge in [0.1, 0.15) is 0 Å². The second kappa shape index (κ2) is 10.0. The molecule has 3 aromatic carbocycles. The van der Waals surface area contributed by atoms with Crippen LogP contribution < -0.4 is 16.2 Å². The molecule has 0 fully saturated rings. The molecule has 5 rings (SSSR count). The van der Waals surface area contributed by atoms with E-state index in [-0.39, 0.29) is 11.3 Å². The van der Waals surface area contributed by atoms with Gasteiger partial charge in [-0.05, 0) is 48.7 Å². The second-order valence-corrected chi connectivity index (χ2v) is 8.66. The first-order valence-electron chi connectivity index (χ1n) is 10.5. The fourth-order valence-corrected chi connectivity index (χ4v) is 3.92. The first-order valence-corrected chi connectivity index (χ1v) is 11.3. The highest BCUT2D eigenvalue weighted by atomic mass is 79.9. The molecule has 7 nitrogen and oxygen atoms in total. The fraction of sp³-hybridized carbons (Fsp3) is 0.154. The molecule has 0 amide bonds. The quantitative estimate of drug-likeness (QED) is 0.315. The van der Waals surface area contributed by atoms with Crippen molar-refractivity contribution >= 4 is 43.8 Å². The lowest BCUT2D eigenvalue weighted by Crippen LogP contribution is -2.20. The van der Waals surface area contributed by atoms with Gasteiger partial charge in [-0.15, -0.1) is 0 Å². The summed E-state index contributed by atoms with van der Waals surface area (Å²) in [5.41, 5.74) is 3.52. The molecule has 0 N–H and O–H groups in total. The van der Waals surface area contributed by atoms with Crippen molar-refractivity contribution in [1.82, 2.24) is 9.97 Å². The van der Waals surface area contributed by atoms with E-state index in [1.54, 1.807) is 6.07 Å². The zero-order chi connectivity index (χ0) is 24.2. The zero-order valence-corrected chi connectivity index (χ0v) is 20.5. The average molecular weight is 520 g/mol.